The lowest BCUT2D eigenvalue weighted by atomic mass is 9.93. The number of fused-ring (bicyclic) bond motifs is 1. The van der Waals surface area contributed by atoms with E-state index >= 15 is 0 Å². The van der Waals surface area contributed by atoms with Gasteiger partial charge in [0.15, 0.2) is 0 Å². The van der Waals surface area contributed by atoms with Crippen molar-refractivity contribution in [2.24, 2.45) is 7.05 Å². The van der Waals surface area contributed by atoms with Crippen LogP contribution in [0.15, 0.2) is 65.5 Å². The SMILES string of the molecule is CC1CN(c2cc(=O)n(C)c3ccc(C#N)nc23)[C@@H](C)CN1C(c1ccc(F)cc1)c1cc(F)cc(F)c1. The third-order valence-electron chi connectivity index (χ3n) is 7.24. The van der Waals surface area contributed by atoms with Gasteiger partial charge in [0.1, 0.15) is 34.7 Å². The highest BCUT2D eigenvalue weighted by molar-refractivity contribution is 5.89. The Bertz CT molecular complexity index is 1590. The Labute approximate surface area is 218 Å². The number of pyridine rings is 2. The molecule has 3 atom stereocenters. The van der Waals surface area contributed by atoms with Gasteiger partial charge in [-0.15, -0.1) is 0 Å². The molecule has 3 heterocycles. The lowest BCUT2D eigenvalue weighted by molar-refractivity contribution is 0.129. The van der Waals surface area contributed by atoms with Gasteiger partial charge in [0.05, 0.1) is 17.2 Å². The molecule has 0 N–H and O–H groups in total. The summed E-state index contributed by atoms with van der Waals surface area (Å²) in [4.78, 5) is 21.5. The standard InChI is InChI=1S/C29H26F3N5O/c1-17-16-37(29(19-4-6-21(30)7-5-19)20-10-22(31)12-23(32)11-20)18(2)15-36(17)26-13-27(38)35(3)25-9-8-24(14-33)34-28(25)26/h4-13,17-18,29H,15-16H2,1-3H3/t17-,18?,29?/m0/s1. The zero-order chi connectivity index (χ0) is 27.1. The molecule has 0 amide bonds. The molecule has 2 unspecified atom stereocenters. The molecule has 1 aliphatic rings. The molecule has 9 heteroatoms. The maximum absolute atomic E-state index is 14.3. The summed E-state index contributed by atoms with van der Waals surface area (Å²) in [6.45, 7) is 4.97. The molecule has 1 fully saturated rings. The highest BCUT2D eigenvalue weighted by Gasteiger charge is 2.36. The van der Waals surface area contributed by atoms with E-state index in [0.717, 1.165) is 6.07 Å². The van der Waals surface area contributed by atoms with Crippen LogP contribution in [0.5, 0.6) is 0 Å². The van der Waals surface area contributed by atoms with E-state index in [0.29, 0.717) is 40.9 Å². The van der Waals surface area contributed by atoms with Gasteiger partial charge in [0.2, 0.25) is 0 Å². The van der Waals surface area contributed by atoms with Gasteiger partial charge < -0.3 is 9.47 Å². The molecule has 0 aliphatic carbocycles. The number of halogens is 3. The van der Waals surface area contributed by atoms with Crippen LogP contribution in [0.2, 0.25) is 0 Å². The molecule has 2 aromatic heterocycles. The molecule has 194 valence electrons. The van der Waals surface area contributed by atoms with E-state index in [1.54, 1.807) is 31.3 Å². The second-order valence-electron chi connectivity index (χ2n) is 9.81. The zero-order valence-electron chi connectivity index (χ0n) is 21.2. The van der Waals surface area contributed by atoms with Crippen LogP contribution in [0.3, 0.4) is 0 Å². The van der Waals surface area contributed by atoms with Gasteiger partial charge in [-0.3, -0.25) is 9.69 Å². The lowest BCUT2D eigenvalue weighted by Crippen LogP contribution is -2.57. The van der Waals surface area contributed by atoms with Crippen molar-refractivity contribution in [3.05, 3.63) is 105 Å². The lowest BCUT2D eigenvalue weighted by Gasteiger charge is -2.48. The maximum Gasteiger partial charge on any atom is 0.252 e. The van der Waals surface area contributed by atoms with Gasteiger partial charge in [-0.2, -0.15) is 5.26 Å². The van der Waals surface area contributed by atoms with Crippen LogP contribution in [0, 0.1) is 28.8 Å². The highest BCUT2D eigenvalue weighted by atomic mass is 19.1. The third kappa shape index (κ3) is 4.63. The fraction of sp³-hybridized carbons (Fsp3) is 0.276. The van der Waals surface area contributed by atoms with E-state index in [9.17, 15) is 23.2 Å². The average molecular weight is 518 g/mol. The topological polar surface area (TPSA) is 65.2 Å². The molecule has 0 spiro atoms. The molecular formula is C29H26F3N5O. The van der Waals surface area contributed by atoms with E-state index in [2.05, 4.69) is 20.9 Å². The quantitative estimate of drug-likeness (QED) is 0.385. The third-order valence-corrected chi connectivity index (χ3v) is 7.24. The van der Waals surface area contributed by atoms with Gasteiger partial charge in [-0.1, -0.05) is 12.1 Å². The first-order valence-corrected chi connectivity index (χ1v) is 12.3. The average Bonchev–Trinajstić information content (AvgIpc) is 2.88. The number of hydrogen-bond donors (Lipinski definition) is 0. The second-order valence-corrected chi connectivity index (χ2v) is 9.81. The molecule has 1 saturated heterocycles. The van der Waals surface area contributed by atoms with Crippen molar-refractivity contribution in [1.29, 1.82) is 5.26 Å². The van der Waals surface area contributed by atoms with E-state index < -0.39 is 23.5 Å². The summed E-state index contributed by atoms with van der Waals surface area (Å²) in [5, 5.41) is 9.41. The summed E-state index contributed by atoms with van der Waals surface area (Å²) < 4.78 is 43.8. The number of piperazine rings is 1. The second kappa shape index (κ2) is 9.95. The van der Waals surface area contributed by atoms with Gasteiger partial charge >= 0.3 is 0 Å². The molecule has 0 radical (unpaired) electrons. The Balaban J connectivity index is 1.57. The number of nitriles is 1. The number of benzene rings is 2. The smallest absolute Gasteiger partial charge is 0.252 e. The number of aryl methyl sites for hydroxylation is 1. The molecule has 0 saturated carbocycles. The first-order chi connectivity index (χ1) is 18.2. The molecule has 38 heavy (non-hydrogen) atoms. The van der Waals surface area contributed by atoms with Crippen molar-refractivity contribution in [3.8, 4) is 6.07 Å². The van der Waals surface area contributed by atoms with Gasteiger partial charge in [-0.25, -0.2) is 18.2 Å². The predicted molar refractivity (Wildman–Crippen MR) is 139 cm³/mol. The largest absolute Gasteiger partial charge is 0.364 e. The predicted octanol–water partition coefficient (Wildman–Crippen LogP) is 4.91. The number of anilines is 1. The van der Waals surface area contributed by atoms with E-state index in [1.807, 2.05) is 13.8 Å². The molecule has 5 rings (SSSR count). The van der Waals surface area contributed by atoms with Crippen molar-refractivity contribution < 1.29 is 13.2 Å². The monoisotopic (exact) mass is 517 g/mol. The zero-order valence-corrected chi connectivity index (χ0v) is 21.2. The normalized spacial score (nSPS) is 18.9. The highest BCUT2D eigenvalue weighted by Crippen LogP contribution is 2.36. The Morgan fingerprint density at radius 3 is 2.24 bits per heavy atom. The van der Waals surface area contributed by atoms with Crippen LogP contribution >= 0.6 is 0 Å². The van der Waals surface area contributed by atoms with Crippen molar-refractivity contribution in [2.45, 2.75) is 32.0 Å². The molecule has 1 aliphatic heterocycles. The maximum atomic E-state index is 14.3. The molecular weight excluding hydrogens is 491 g/mol. The van der Waals surface area contributed by atoms with Crippen LogP contribution in [0.1, 0.15) is 36.7 Å². The number of rotatable bonds is 4. The number of nitrogens with zero attached hydrogens (tertiary/aromatic N) is 5. The van der Waals surface area contributed by atoms with Gasteiger partial charge in [0.25, 0.3) is 5.56 Å². The van der Waals surface area contributed by atoms with Crippen molar-refractivity contribution in [2.75, 3.05) is 18.0 Å². The Kier molecular flexibility index (Phi) is 6.67. The van der Waals surface area contributed by atoms with E-state index in [4.69, 9.17) is 0 Å². The molecule has 0 bridgehead atoms. The minimum atomic E-state index is -0.683. The molecule has 6 nitrogen and oxygen atoms in total. The van der Waals surface area contributed by atoms with Crippen LogP contribution in [0.4, 0.5) is 18.9 Å². The van der Waals surface area contributed by atoms with Crippen molar-refractivity contribution in [3.63, 3.8) is 0 Å². The summed E-state index contributed by atoms with van der Waals surface area (Å²) in [5.74, 6) is -1.76. The minimum Gasteiger partial charge on any atom is -0.364 e. The van der Waals surface area contributed by atoms with E-state index in [1.165, 1.54) is 34.9 Å². The van der Waals surface area contributed by atoms with Gasteiger partial charge in [-0.05, 0) is 61.4 Å². The van der Waals surface area contributed by atoms with Crippen LogP contribution in [-0.2, 0) is 7.05 Å². The fourth-order valence-corrected chi connectivity index (χ4v) is 5.40. The van der Waals surface area contributed by atoms with E-state index in [-0.39, 0.29) is 23.3 Å². The Hall–Kier alpha value is -4.16. The Morgan fingerprint density at radius 2 is 1.58 bits per heavy atom. The number of hydrogen-bond acceptors (Lipinski definition) is 5. The van der Waals surface area contributed by atoms with Crippen LogP contribution < -0.4 is 10.5 Å². The summed E-state index contributed by atoms with van der Waals surface area (Å²) in [6, 6.07) is 15.5. The number of aromatic nitrogens is 2. The molecule has 2 aromatic carbocycles. The minimum absolute atomic E-state index is 0.129. The van der Waals surface area contributed by atoms with Gasteiger partial charge in [0, 0.05) is 44.4 Å². The first kappa shape index (κ1) is 25.5. The van der Waals surface area contributed by atoms with Crippen LogP contribution in [-0.4, -0.2) is 39.6 Å². The first-order valence-electron chi connectivity index (χ1n) is 12.3. The van der Waals surface area contributed by atoms with Crippen molar-refractivity contribution in [1.82, 2.24) is 14.5 Å². The summed E-state index contributed by atoms with van der Waals surface area (Å²) in [7, 11) is 1.66. The Morgan fingerprint density at radius 1 is 0.895 bits per heavy atom. The summed E-state index contributed by atoms with van der Waals surface area (Å²) in [6.07, 6.45) is 0. The molecule has 4 aromatic rings. The summed E-state index contributed by atoms with van der Waals surface area (Å²) >= 11 is 0. The summed E-state index contributed by atoms with van der Waals surface area (Å²) in [5.41, 5.74) is 3.01. The fourth-order valence-electron chi connectivity index (χ4n) is 5.40. The van der Waals surface area contributed by atoms with Crippen LogP contribution in [0.25, 0.3) is 11.0 Å². The van der Waals surface area contributed by atoms with Crippen molar-refractivity contribution >= 4 is 16.7 Å².